The van der Waals surface area contributed by atoms with Crippen LogP contribution in [0.1, 0.15) is 24.5 Å². The molecule has 19 heavy (non-hydrogen) atoms. The molecule has 2 unspecified atom stereocenters. The van der Waals surface area contributed by atoms with Crippen LogP contribution in [0.15, 0.2) is 18.2 Å². The van der Waals surface area contributed by atoms with Crippen LogP contribution < -0.4 is 4.74 Å². The minimum atomic E-state index is -1.04. The van der Waals surface area contributed by atoms with Gasteiger partial charge < -0.3 is 14.6 Å². The molecule has 0 aliphatic heterocycles. The zero-order valence-electron chi connectivity index (χ0n) is 11.6. The second-order valence-electron chi connectivity index (χ2n) is 5.16. The van der Waals surface area contributed by atoms with E-state index in [0.717, 1.165) is 17.7 Å². The summed E-state index contributed by atoms with van der Waals surface area (Å²) in [5.74, 6) is -0.126. The molecule has 0 saturated carbocycles. The zero-order valence-corrected chi connectivity index (χ0v) is 11.6. The molecule has 1 N–H and O–H groups in total. The predicted molar refractivity (Wildman–Crippen MR) is 71.1 cm³/mol. The molecule has 1 aromatic carbocycles. The summed E-state index contributed by atoms with van der Waals surface area (Å²) in [6.45, 7) is 1.72. The van der Waals surface area contributed by atoms with Gasteiger partial charge in [0.1, 0.15) is 5.75 Å². The van der Waals surface area contributed by atoms with Crippen molar-refractivity contribution in [3.63, 3.8) is 0 Å². The first-order valence-corrected chi connectivity index (χ1v) is 6.46. The molecule has 0 amide bonds. The van der Waals surface area contributed by atoms with Crippen LogP contribution in [0.25, 0.3) is 0 Å². The van der Waals surface area contributed by atoms with E-state index in [1.54, 1.807) is 14.0 Å². The van der Waals surface area contributed by atoms with Crippen molar-refractivity contribution in [1.82, 2.24) is 0 Å². The molecule has 0 aromatic heterocycles. The number of carbonyl (C=O) groups excluding carboxylic acids is 1. The maximum Gasteiger partial charge on any atom is 0.311 e. The average molecular weight is 264 g/mol. The van der Waals surface area contributed by atoms with Gasteiger partial charge in [-0.3, -0.25) is 4.79 Å². The number of esters is 1. The second-order valence-corrected chi connectivity index (χ2v) is 5.16. The van der Waals surface area contributed by atoms with Gasteiger partial charge in [-0.15, -0.1) is 0 Å². The number of methoxy groups -OCH3 is 2. The molecule has 0 bridgehead atoms. The molecule has 2 atom stereocenters. The lowest BCUT2D eigenvalue weighted by atomic mass is 9.74. The van der Waals surface area contributed by atoms with E-state index in [1.807, 2.05) is 18.2 Å². The molecule has 4 heteroatoms. The van der Waals surface area contributed by atoms with Crippen molar-refractivity contribution in [2.24, 2.45) is 5.92 Å². The predicted octanol–water partition coefficient (Wildman–Crippen LogP) is 1.72. The van der Waals surface area contributed by atoms with Gasteiger partial charge in [0.25, 0.3) is 0 Å². The van der Waals surface area contributed by atoms with E-state index in [1.165, 1.54) is 12.7 Å². The van der Waals surface area contributed by atoms with Crippen LogP contribution in [0, 0.1) is 5.92 Å². The Kier molecular flexibility index (Phi) is 3.80. The number of benzene rings is 1. The average Bonchev–Trinajstić information content (AvgIpc) is 2.44. The van der Waals surface area contributed by atoms with E-state index in [9.17, 15) is 9.90 Å². The van der Waals surface area contributed by atoms with Crippen molar-refractivity contribution in [3.8, 4) is 5.75 Å². The molecule has 0 saturated heterocycles. The molecule has 0 spiro atoms. The van der Waals surface area contributed by atoms with E-state index in [2.05, 4.69) is 0 Å². The number of fused-ring (bicyclic) bond motifs is 1. The minimum Gasteiger partial charge on any atom is -0.497 e. The Morgan fingerprint density at radius 3 is 2.74 bits per heavy atom. The maximum atomic E-state index is 11.6. The van der Waals surface area contributed by atoms with Crippen LogP contribution in [0.3, 0.4) is 0 Å². The van der Waals surface area contributed by atoms with Gasteiger partial charge in [-0.1, -0.05) is 6.07 Å². The van der Waals surface area contributed by atoms with Crippen LogP contribution in [0.5, 0.6) is 5.75 Å². The molecule has 104 valence electrons. The van der Waals surface area contributed by atoms with Gasteiger partial charge in [-0.2, -0.15) is 0 Å². The Bertz CT molecular complexity index is 483. The largest absolute Gasteiger partial charge is 0.497 e. The Balaban J connectivity index is 2.27. The molecule has 0 fully saturated rings. The van der Waals surface area contributed by atoms with Crippen LogP contribution in [0.4, 0.5) is 0 Å². The molecule has 1 aliphatic carbocycles. The van der Waals surface area contributed by atoms with Gasteiger partial charge in [0, 0.05) is 6.42 Å². The van der Waals surface area contributed by atoms with Crippen LogP contribution >= 0.6 is 0 Å². The van der Waals surface area contributed by atoms with Crippen LogP contribution in [-0.4, -0.2) is 30.9 Å². The van der Waals surface area contributed by atoms with Crippen molar-refractivity contribution in [2.75, 3.05) is 14.2 Å². The summed E-state index contributed by atoms with van der Waals surface area (Å²) in [7, 11) is 2.97. The van der Waals surface area contributed by atoms with Crippen molar-refractivity contribution in [2.45, 2.75) is 31.8 Å². The third-order valence-corrected chi connectivity index (χ3v) is 4.10. The summed E-state index contributed by atoms with van der Waals surface area (Å²) >= 11 is 0. The molecule has 4 nitrogen and oxygen atoms in total. The van der Waals surface area contributed by atoms with Crippen LogP contribution in [-0.2, 0) is 22.4 Å². The zero-order chi connectivity index (χ0) is 14.0. The van der Waals surface area contributed by atoms with Gasteiger partial charge in [-0.05, 0) is 43.0 Å². The number of hydrogen-bond acceptors (Lipinski definition) is 4. The lowest BCUT2D eigenvalue weighted by Gasteiger charge is -2.37. The highest BCUT2D eigenvalue weighted by atomic mass is 16.5. The van der Waals surface area contributed by atoms with Crippen LogP contribution in [0.2, 0.25) is 0 Å². The Morgan fingerprint density at radius 1 is 1.37 bits per heavy atom. The fraction of sp³-hybridized carbons (Fsp3) is 0.533. The smallest absolute Gasteiger partial charge is 0.311 e. The number of carbonyl (C=O) groups is 1. The summed E-state index contributed by atoms with van der Waals surface area (Å²) < 4.78 is 9.94. The summed E-state index contributed by atoms with van der Waals surface area (Å²) in [4.78, 5) is 11.6. The summed E-state index contributed by atoms with van der Waals surface area (Å²) in [6.07, 6.45) is 1.79. The van der Waals surface area contributed by atoms with Gasteiger partial charge >= 0.3 is 5.97 Å². The Labute approximate surface area is 113 Å². The topological polar surface area (TPSA) is 55.8 Å². The fourth-order valence-corrected chi connectivity index (χ4v) is 2.67. The highest BCUT2D eigenvalue weighted by molar-refractivity contribution is 5.73. The molecule has 1 aromatic rings. The van der Waals surface area contributed by atoms with Gasteiger partial charge in [0.2, 0.25) is 0 Å². The number of ether oxygens (including phenoxy) is 2. The first kappa shape index (κ1) is 13.9. The SMILES string of the molecule is COC(=O)C(C)C1(O)CCc2ccc(OC)cc2C1. The van der Waals surface area contributed by atoms with E-state index in [0.29, 0.717) is 12.8 Å². The molecule has 0 radical (unpaired) electrons. The van der Waals surface area contributed by atoms with Gasteiger partial charge in [-0.25, -0.2) is 0 Å². The van der Waals surface area contributed by atoms with Crippen molar-refractivity contribution in [1.29, 1.82) is 0 Å². The monoisotopic (exact) mass is 264 g/mol. The summed E-state index contributed by atoms with van der Waals surface area (Å²) in [5, 5.41) is 10.7. The molecule has 2 rings (SSSR count). The van der Waals surface area contributed by atoms with E-state index >= 15 is 0 Å². The van der Waals surface area contributed by atoms with E-state index in [4.69, 9.17) is 9.47 Å². The first-order valence-electron chi connectivity index (χ1n) is 6.46. The maximum absolute atomic E-state index is 11.6. The highest BCUT2D eigenvalue weighted by Crippen LogP contribution is 2.36. The molecular formula is C15H20O4. The van der Waals surface area contributed by atoms with Gasteiger partial charge in [0.15, 0.2) is 0 Å². The van der Waals surface area contributed by atoms with E-state index in [-0.39, 0.29) is 5.97 Å². The quantitative estimate of drug-likeness (QED) is 0.845. The normalized spacial score (nSPS) is 23.4. The van der Waals surface area contributed by atoms with Gasteiger partial charge in [0.05, 0.1) is 25.7 Å². The summed E-state index contributed by atoms with van der Waals surface area (Å²) in [6, 6.07) is 5.88. The third-order valence-electron chi connectivity index (χ3n) is 4.10. The molecular weight excluding hydrogens is 244 g/mol. The molecule has 1 aliphatic rings. The second kappa shape index (κ2) is 5.21. The Morgan fingerprint density at radius 2 is 2.11 bits per heavy atom. The minimum absolute atomic E-state index is 0.367. The Hall–Kier alpha value is -1.55. The lowest BCUT2D eigenvalue weighted by Crippen LogP contribution is -2.45. The summed E-state index contributed by atoms with van der Waals surface area (Å²) in [5.41, 5.74) is 1.22. The molecule has 0 heterocycles. The van der Waals surface area contributed by atoms with E-state index < -0.39 is 11.5 Å². The third kappa shape index (κ3) is 2.59. The number of aliphatic hydroxyl groups is 1. The lowest BCUT2D eigenvalue weighted by molar-refractivity contribution is -0.155. The van der Waals surface area contributed by atoms with Crippen molar-refractivity contribution in [3.05, 3.63) is 29.3 Å². The number of rotatable bonds is 3. The number of aryl methyl sites for hydroxylation is 1. The van der Waals surface area contributed by atoms with Crippen molar-refractivity contribution < 1.29 is 19.4 Å². The standard InChI is InChI=1S/C15H20O4/c1-10(14(16)19-3)15(17)7-6-11-4-5-13(18-2)8-12(11)9-15/h4-5,8,10,17H,6-7,9H2,1-3H3. The highest BCUT2D eigenvalue weighted by Gasteiger charge is 2.41. The number of hydrogen-bond donors (Lipinski definition) is 1. The first-order chi connectivity index (χ1) is 9.00. The fourth-order valence-electron chi connectivity index (χ4n) is 2.67. The van der Waals surface area contributed by atoms with Crippen molar-refractivity contribution >= 4 is 5.97 Å².